The fourth-order valence-corrected chi connectivity index (χ4v) is 2.78. The fourth-order valence-electron chi connectivity index (χ4n) is 2.78. The van der Waals surface area contributed by atoms with E-state index < -0.39 is 0 Å². The number of benzene rings is 1. The number of Topliss-reactive ketones (excluding diaryl/α,β-unsaturated/α-hetero) is 1. The predicted molar refractivity (Wildman–Crippen MR) is 127 cm³/mol. The van der Waals surface area contributed by atoms with Crippen molar-refractivity contribution >= 4 is 5.78 Å². The molecule has 0 N–H and O–H groups in total. The van der Waals surface area contributed by atoms with E-state index in [1.165, 1.54) is 40.6 Å². The van der Waals surface area contributed by atoms with Crippen LogP contribution in [0.4, 0.5) is 0 Å². The van der Waals surface area contributed by atoms with Crippen molar-refractivity contribution in [2.24, 2.45) is 0 Å². The van der Waals surface area contributed by atoms with Crippen LogP contribution in [-0.4, -0.2) is 54.2 Å². The van der Waals surface area contributed by atoms with Gasteiger partial charge in [-0.05, 0) is 18.6 Å². The Bertz CT molecular complexity index is 1000. The Labute approximate surface area is 204 Å². The summed E-state index contributed by atoms with van der Waals surface area (Å²) in [6.45, 7) is 5.90. The van der Waals surface area contributed by atoms with Gasteiger partial charge in [-0.1, -0.05) is 26.8 Å². The van der Waals surface area contributed by atoms with Gasteiger partial charge in [0.1, 0.15) is 17.1 Å². The highest BCUT2D eigenvalue weighted by molar-refractivity contribution is 6.01. The van der Waals surface area contributed by atoms with Crippen molar-refractivity contribution in [3.63, 3.8) is 0 Å². The molecule has 2 heterocycles. The molecule has 0 aliphatic rings. The maximum Gasteiger partial charge on any atom is 0.328 e. The minimum absolute atomic E-state index is 0.0619. The topological polar surface area (TPSA) is 124 Å². The molecule has 3 aromatic rings. The number of ketones is 1. The van der Waals surface area contributed by atoms with E-state index in [9.17, 15) is 4.79 Å². The van der Waals surface area contributed by atoms with Crippen LogP contribution >= 0.6 is 0 Å². The molecule has 0 unspecified atom stereocenters. The Balaban J connectivity index is 0.00000210. The molecule has 3 rings (SSSR count). The third-order valence-corrected chi connectivity index (χ3v) is 4.30. The van der Waals surface area contributed by atoms with E-state index in [4.69, 9.17) is 28.4 Å². The van der Waals surface area contributed by atoms with Crippen LogP contribution < -0.4 is 28.4 Å². The molecule has 1 aromatic carbocycles. The maximum absolute atomic E-state index is 13.0. The third-order valence-electron chi connectivity index (χ3n) is 4.30. The molecule has 0 aliphatic heterocycles. The van der Waals surface area contributed by atoms with Crippen LogP contribution in [0.15, 0.2) is 30.3 Å². The highest BCUT2D eigenvalue weighted by atomic mass is 16.5. The molecule has 0 aliphatic carbocycles. The minimum Gasteiger partial charge on any atom is -0.481 e. The number of carbonyl (C=O) groups is 1. The molecule has 0 fully saturated rings. The first-order valence-electron chi connectivity index (χ1n) is 11.0. The Morgan fingerprint density at radius 3 is 1.40 bits per heavy atom. The highest BCUT2D eigenvalue weighted by Crippen LogP contribution is 2.36. The number of hydrogen-bond acceptors (Lipinski definition) is 11. The molecule has 0 bridgehead atoms. The van der Waals surface area contributed by atoms with Crippen molar-refractivity contribution in [2.75, 3.05) is 28.4 Å². The lowest BCUT2D eigenvalue weighted by Crippen LogP contribution is -2.07. The van der Waals surface area contributed by atoms with Crippen molar-refractivity contribution in [1.82, 2.24) is 19.9 Å². The molecule has 188 valence electrons. The van der Waals surface area contributed by atoms with Gasteiger partial charge >= 0.3 is 12.0 Å². The number of rotatable bonds is 11. The zero-order valence-electron chi connectivity index (χ0n) is 20.9. The van der Waals surface area contributed by atoms with E-state index in [1.807, 2.05) is 20.8 Å². The number of methoxy groups -OCH3 is 4. The van der Waals surface area contributed by atoms with Crippen molar-refractivity contribution in [1.29, 1.82) is 0 Å². The van der Waals surface area contributed by atoms with Gasteiger partial charge in [-0.2, -0.15) is 19.9 Å². The lowest BCUT2D eigenvalue weighted by atomic mass is 10.0. The van der Waals surface area contributed by atoms with E-state index in [2.05, 4.69) is 19.9 Å². The molecule has 0 radical (unpaired) electrons. The van der Waals surface area contributed by atoms with Gasteiger partial charge in [0.2, 0.25) is 23.5 Å². The van der Waals surface area contributed by atoms with Crippen molar-refractivity contribution < 1.29 is 33.2 Å². The van der Waals surface area contributed by atoms with Crippen LogP contribution in [0.2, 0.25) is 0 Å². The molecule has 0 saturated heterocycles. The molecule has 11 nitrogen and oxygen atoms in total. The molecule has 2 aromatic heterocycles. The number of nitrogens with zero attached hydrogens (tertiary/aromatic N) is 4. The second-order valence-corrected chi connectivity index (χ2v) is 6.48. The van der Waals surface area contributed by atoms with Crippen LogP contribution in [0.5, 0.6) is 47.0 Å². The van der Waals surface area contributed by atoms with Gasteiger partial charge in [0.15, 0.2) is 5.78 Å². The van der Waals surface area contributed by atoms with Gasteiger partial charge in [0, 0.05) is 6.42 Å². The number of hydrogen-bond donors (Lipinski definition) is 0. The highest BCUT2D eigenvalue weighted by Gasteiger charge is 2.22. The molecule has 0 amide bonds. The first-order valence-corrected chi connectivity index (χ1v) is 11.0. The summed E-state index contributed by atoms with van der Waals surface area (Å²) >= 11 is 0. The van der Waals surface area contributed by atoms with Gasteiger partial charge in [0.05, 0.1) is 40.6 Å². The number of carbonyl (C=O) groups excluding carboxylic acids is 1. The zero-order valence-corrected chi connectivity index (χ0v) is 20.9. The summed E-state index contributed by atoms with van der Waals surface area (Å²) in [5.41, 5.74) is 0.190. The smallest absolute Gasteiger partial charge is 0.328 e. The fraction of sp³-hybridized carbons (Fsp3) is 0.375. The minimum atomic E-state index is -0.201. The second-order valence-electron chi connectivity index (χ2n) is 6.48. The summed E-state index contributed by atoms with van der Waals surface area (Å²) in [6, 6.07) is 7.76. The SMILES string of the molecule is CC.CCCC(=O)c1c(Oc2nc(OC)cc(OC)n2)cccc1Oc1nc(OC)cc(OC)n1. The summed E-state index contributed by atoms with van der Waals surface area (Å²) in [5, 5.41) is 0. The van der Waals surface area contributed by atoms with Crippen LogP contribution in [0.3, 0.4) is 0 Å². The quantitative estimate of drug-likeness (QED) is 0.344. The second kappa shape index (κ2) is 13.5. The van der Waals surface area contributed by atoms with Gasteiger partial charge in [-0.25, -0.2) is 0 Å². The normalized spacial score (nSPS) is 9.91. The lowest BCUT2D eigenvalue weighted by Gasteiger charge is -2.14. The van der Waals surface area contributed by atoms with Gasteiger partial charge in [-0.3, -0.25) is 4.79 Å². The van der Waals surface area contributed by atoms with E-state index in [0.29, 0.717) is 6.42 Å². The third kappa shape index (κ3) is 7.16. The zero-order chi connectivity index (χ0) is 25.8. The molecular weight excluding hydrogens is 456 g/mol. The molecular formula is C24H30N4O7. The lowest BCUT2D eigenvalue weighted by molar-refractivity contribution is 0.0977. The molecule has 11 heteroatoms. The van der Waals surface area contributed by atoms with Crippen molar-refractivity contribution in [2.45, 2.75) is 33.6 Å². The van der Waals surface area contributed by atoms with E-state index in [1.54, 1.807) is 18.2 Å². The Morgan fingerprint density at radius 2 is 1.09 bits per heavy atom. The number of ether oxygens (including phenoxy) is 6. The summed E-state index contributed by atoms with van der Waals surface area (Å²) in [6.07, 6.45) is 0.890. The van der Waals surface area contributed by atoms with Gasteiger partial charge in [-0.15, -0.1) is 0 Å². The van der Waals surface area contributed by atoms with E-state index >= 15 is 0 Å². The Morgan fingerprint density at radius 1 is 0.714 bits per heavy atom. The van der Waals surface area contributed by atoms with Gasteiger partial charge in [0.25, 0.3) is 0 Å². The van der Waals surface area contributed by atoms with Crippen LogP contribution in [0.25, 0.3) is 0 Å². The number of aromatic nitrogens is 4. The van der Waals surface area contributed by atoms with Crippen LogP contribution in [0, 0.1) is 0 Å². The van der Waals surface area contributed by atoms with Crippen LogP contribution in [0.1, 0.15) is 44.0 Å². The summed E-state index contributed by atoms with van der Waals surface area (Å²) in [5.74, 6) is 1.13. The molecule has 35 heavy (non-hydrogen) atoms. The largest absolute Gasteiger partial charge is 0.481 e. The van der Waals surface area contributed by atoms with E-state index in [0.717, 1.165) is 0 Å². The molecule has 0 spiro atoms. The monoisotopic (exact) mass is 486 g/mol. The molecule has 0 atom stereocenters. The standard InChI is InChI=1S/C22H24N4O7.C2H6/c1-6-8-13(27)20-14(32-21-23-16(28-2)11-17(24-21)29-3)9-7-10-15(20)33-22-25-18(30-4)12-19(26-22)31-5;1-2/h7,9-12H,6,8H2,1-5H3;1-2H3. The molecule has 0 saturated carbocycles. The summed E-state index contributed by atoms with van der Waals surface area (Å²) in [7, 11) is 5.83. The van der Waals surface area contributed by atoms with E-state index in [-0.39, 0.29) is 64.8 Å². The predicted octanol–water partition coefficient (Wildman–Crippen LogP) is 4.89. The summed E-state index contributed by atoms with van der Waals surface area (Å²) in [4.78, 5) is 29.6. The first kappa shape index (κ1) is 27.1. The first-order chi connectivity index (χ1) is 17.0. The average molecular weight is 487 g/mol. The van der Waals surface area contributed by atoms with Crippen molar-refractivity contribution in [3.05, 3.63) is 35.9 Å². The maximum atomic E-state index is 13.0. The Hall–Kier alpha value is -4.15. The van der Waals surface area contributed by atoms with Gasteiger partial charge < -0.3 is 28.4 Å². The average Bonchev–Trinajstić information content (AvgIpc) is 2.89. The van der Waals surface area contributed by atoms with Crippen LogP contribution in [-0.2, 0) is 0 Å². The van der Waals surface area contributed by atoms with Crippen molar-refractivity contribution in [3.8, 4) is 47.0 Å². The Kier molecular flexibility index (Phi) is 10.5. The summed E-state index contributed by atoms with van der Waals surface area (Å²) < 4.78 is 32.3.